The lowest BCUT2D eigenvalue weighted by molar-refractivity contribution is 0.0503. The number of imidazole rings is 1. The lowest BCUT2D eigenvalue weighted by atomic mass is 10.2. The normalized spacial score (nSPS) is 8.60. The fourth-order valence-electron chi connectivity index (χ4n) is 0.857. The number of carbonyl (C=O) groups excluding carboxylic acids is 1. The van der Waals surface area contributed by atoms with E-state index in [1.54, 1.807) is 43.0 Å². The maximum absolute atomic E-state index is 10.7. The van der Waals surface area contributed by atoms with Crippen LogP contribution in [0.3, 0.4) is 0 Å². The average Bonchev–Trinajstić information content (AvgIpc) is 2.88. The molecule has 5 nitrogen and oxygen atoms in total. The molecule has 1 aromatic carbocycles. The number of aromatic amines is 1. The number of hydrogen-bond acceptors (Lipinski definition) is 4. The summed E-state index contributed by atoms with van der Waals surface area (Å²) in [5.74, 6) is 4.14. The van der Waals surface area contributed by atoms with Crippen molar-refractivity contribution in [1.29, 1.82) is 0 Å². The van der Waals surface area contributed by atoms with E-state index in [0.29, 0.717) is 5.56 Å². The van der Waals surface area contributed by atoms with Gasteiger partial charge in [0.15, 0.2) is 0 Å². The van der Waals surface area contributed by atoms with Crippen LogP contribution in [0.5, 0.6) is 0 Å². The number of rotatable bonds is 1. The molecule has 0 aliphatic heterocycles. The minimum atomic E-state index is -0.513. The molecule has 0 aliphatic carbocycles. The highest BCUT2D eigenvalue weighted by molar-refractivity contribution is 5.88. The van der Waals surface area contributed by atoms with Gasteiger partial charge in [0.2, 0.25) is 0 Å². The van der Waals surface area contributed by atoms with Gasteiger partial charge in [-0.1, -0.05) is 18.2 Å². The number of hydrogen-bond donors (Lipinski definition) is 2. The van der Waals surface area contributed by atoms with Gasteiger partial charge in [-0.15, -0.1) is 0 Å². The fourth-order valence-corrected chi connectivity index (χ4v) is 0.857. The van der Waals surface area contributed by atoms with Gasteiger partial charge in [-0.25, -0.2) is 9.78 Å². The van der Waals surface area contributed by atoms with Crippen LogP contribution < -0.4 is 5.90 Å². The predicted molar refractivity (Wildman–Crippen MR) is 54.6 cm³/mol. The predicted octanol–water partition coefficient (Wildman–Crippen LogP) is 1.13. The quantitative estimate of drug-likeness (QED) is 0.684. The van der Waals surface area contributed by atoms with Crippen molar-refractivity contribution < 1.29 is 9.63 Å². The molecule has 0 radical (unpaired) electrons. The van der Waals surface area contributed by atoms with Crippen molar-refractivity contribution in [3.8, 4) is 0 Å². The van der Waals surface area contributed by atoms with E-state index < -0.39 is 5.97 Å². The molecular formula is C10H11N3O2. The zero-order chi connectivity index (χ0) is 10.9. The standard InChI is InChI=1S/C7H7NO2.C3H4N2/c8-10-7(9)6-4-2-1-3-5-6;1-2-5-3-4-1/h1-5H,8H2;1-3H,(H,4,5). The van der Waals surface area contributed by atoms with Gasteiger partial charge >= 0.3 is 5.97 Å². The van der Waals surface area contributed by atoms with Crippen LogP contribution >= 0.6 is 0 Å². The Balaban J connectivity index is 0.000000187. The molecule has 0 aliphatic rings. The average molecular weight is 205 g/mol. The third-order valence-electron chi connectivity index (χ3n) is 1.52. The fraction of sp³-hybridized carbons (Fsp3) is 0. The third-order valence-corrected chi connectivity index (χ3v) is 1.52. The second-order valence-electron chi connectivity index (χ2n) is 2.53. The first-order valence-electron chi connectivity index (χ1n) is 4.23. The van der Waals surface area contributed by atoms with Gasteiger partial charge in [-0.3, -0.25) is 0 Å². The molecule has 0 spiro atoms. The number of nitrogens with two attached hydrogens (primary N) is 1. The summed E-state index contributed by atoms with van der Waals surface area (Å²) in [7, 11) is 0. The Kier molecular flexibility index (Phi) is 4.62. The largest absolute Gasteiger partial charge is 0.370 e. The van der Waals surface area contributed by atoms with Crippen LogP contribution in [0.15, 0.2) is 49.1 Å². The van der Waals surface area contributed by atoms with Crippen LogP contribution in [0.1, 0.15) is 10.4 Å². The third kappa shape index (κ3) is 4.06. The molecule has 0 bridgehead atoms. The lowest BCUT2D eigenvalue weighted by Crippen LogP contribution is -2.09. The van der Waals surface area contributed by atoms with E-state index in [1.165, 1.54) is 0 Å². The number of carbonyl (C=O) groups is 1. The molecule has 78 valence electrons. The van der Waals surface area contributed by atoms with E-state index in [2.05, 4.69) is 20.7 Å². The number of aromatic nitrogens is 2. The van der Waals surface area contributed by atoms with Gasteiger partial charge in [-0.05, 0) is 12.1 Å². The minimum Gasteiger partial charge on any atom is -0.370 e. The molecule has 1 aromatic heterocycles. The van der Waals surface area contributed by atoms with Crippen molar-refractivity contribution >= 4 is 5.97 Å². The van der Waals surface area contributed by atoms with E-state index in [4.69, 9.17) is 0 Å². The Bertz CT molecular complexity index is 356. The molecule has 2 aromatic rings. The zero-order valence-electron chi connectivity index (χ0n) is 7.96. The molecule has 0 fully saturated rings. The minimum absolute atomic E-state index is 0.463. The summed E-state index contributed by atoms with van der Waals surface area (Å²) in [6, 6.07) is 8.57. The van der Waals surface area contributed by atoms with Gasteiger partial charge < -0.3 is 9.82 Å². The molecule has 15 heavy (non-hydrogen) atoms. The van der Waals surface area contributed by atoms with Crippen molar-refractivity contribution in [2.24, 2.45) is 5.90 Å². The molecule has 0 saturated heterocycles. The Labute approximate surface area is 86.9 Å². The van der Waals surface area contributed by atoms with E-state index in [-0.39, 0.29) is 0 Å². The SMILES string of the molecule is NOC(=O)c1ccccc1.c1c[nH]cn1. The van der Waals surface area contributed by atoms with Gasteiger partial charge in [0.25, 0.3) is 0 Å². The number of nitrogens with zero attached hydrogens (tertiary/aromatic N) is 1. The molecule has 0 amide bonds. The van der Waals surface area contributed by atoms with Crippen molar-refractivity contribution in [3.63, 3.8) is 0 Å². The summed E-state index contributed by atoms with van der Waals surface area (Å²) in [5.41, 5.74) is 0.463. The molecule has 2 rings (SSSR count). The number of benzene rings is 1. The van der Waals surface area contributed by atoms with E-state index >= 15 is 0 Å². The molecule has 0 unspecified atom stereocenters. The summed E-state index contributed by atoms with van der Waals surface area (Å²) in [6.45, 7) is 0. The number of H-pyrrole nitrogens is 1. The van der Waals surface area contributed by atoms with Crippen LogP contribution in [-0.2, 0) is 4.84 Å². The Morgan fingerprint density at radius 3 is 2.47 bits per heavy atom. The molecule has 0 atom stereocenters. The highest BCUT2D eigenvalue weighted by Crippen LogP contribution is 1.98. The van der Waals surface area contributed by atoms with E-state index in [1.807, 2.05) is 6.07 Å². The van der Waals surface area contributed by atoms with Crippen molar-refractivity contribution in [2.45, 2.75) is 0 Å². The molecular weight excluding hydrogens is 194 g/mol. The zero-order valence-corrected chi connectivity index (χ0v) is 7.96. The first-order valence-corrected chi connectivity index (χ1v) is 4.23. The maximum Gasteiger partial charge on any atom is 0.356 e. The highest BCUT2D eigenvalue weighted by atomic mass is 16.7. The summed E-state index contributed by atoms with van der Waals surface area (Å²) in [4.78, 5) is 21.1. The second kappa shape index (κ2) is 6.33. The van der Waals surface area contributed by atoms with Crippen molar-refractivity contribution in [2.75, 3.05) is 0 Å². The van der Waals surface area contributed by atoms with Gasteiger partial charge in [-0.2, -0.15) is 5.90 Å². The van der Waals surface area contributed by atoms with Gasteiger partial charge in [0.1, 0.15) is 0 Å². The van der Waals surface area contributed by atoms with Crippen LogP contribution in [0, 0.1) is 0 Å². The summed E-state index contributed by atoms with van der Waals surface area (Å²) in [5, 5.41) is 0. The topological polar surface area (TPSA) is 81.0 Å². The second-order valence-corrected chi connectivity index (χ2v) is 2.53. The Morgan fingerprint density at radius 2 is 2.07 bits per heavy atom. The first kappa shape index (κ1) is 10.9. The van der Waals surface area contributed by atoms with Gasteiger partial charge in [0, 0.05) is 12.4 Å². The van der Waals surface area contributed by atoms with Crippen LogP contribution in [0.2, 0.25) is 0 Å². The summed E-state index contributed by atoms with van der Waals surface area (Å²) in [6.07, 6.45) is 5.08. The number of nitrogens with one attached hydrogen (secondary N) is 1. The van der Waals surface area contributed by atoms with Gasteiger partial charge in [0.05, 0.1) is 11.9 Å². The van der Waals surface area contributed by atoms with Crippen molar-refractivity contribution in [1.82, 2.24) is 9.97 Å². The van der Waals surface area contributed by atoms with Crippen LogP contribution in [-0.4, -0.2) is 15.9 Å². The van der Waals surface area contributed by atoms with E-state index in [0.717, 1.165) is 0 Å². The monoisotopic (exact) mass is 205 g/mol. The smallest absolute Gasteiger partial charge is 0.356 e. The first-order chi connectivity index (χ1) is 7.34. The lowest BCUT2D eigenvalue weighted by Gasteiger charge is -1.94. The summed E-state index contributed by atoms with van der Waals surface area (Å²) >= 11 is 0. The summed E-state index contributed by atoms with van der Waals surface area (Å²) < 4.78 is 0. The highest BCUT2D eigenvalue weighted by Gasteiger charge is 2.01. The van der Waals surface area contributed by atoms with Crippen molar-refractivity contribution in [3.05, 3.63) is 54.6 Å². The molecule has 1 heterocycles. The van der Waals surface area contributed by atoms with E-state index in [9.17, 15) is 4.79 Å². The Hall–Kier alpha value is -2.14. The maximum atomic E-state index is 10.7. The van der Waals surface area contributed by atoms with Crippen LogP contribution in [0.4, 0.5) is 0 Å². The molecule has 3 N–H and O–H groups in total. The Morgan fingerprint density at radius 1 is 1.33 bits per heavy atom. The van der Waals surface area contributed by atoms with Crippen LogP contribution in [0.25, 0.3) is 0 Å². The molecule has 0 saturated carbocycles. The molecule has 5 heteroatoms.